The van der Waals surface area contributed by atoms with Crippen molar-refractivity contribution in [3.05, 3.63) is 69.3 Å². The van der Waals surface area contributed by atoms with E-state index in [0.717, 1.165) is 23.7 Å². The topological polar surface area (TPSA) is 44.9 Å². The molecule has 1 aliphatic carbocycles. The summed E-state index contributed by atoms with van der Waals surface area (Å²) in [5.74, 6) is 0.00269. The van der Waals surface area contributed by atoms with Crippen LogP contribution in [-0.2, 0) is 12.8 Å². The van der Waals surface area contributed by atoms with Crippen LogP contribution < -0.4 is 5.32 Å². The van der Waals surface area contributed by atoms with Crippen LogP contribution in [0.4, 0.5) is 0 Å². The number of rotatable bonds is 2. The summed E-state index contributed by atoms with van der Waals surface area (Å²) in [7, 11) is 0. The molecule has 3 aromatic rings. The Balaban J connectivity index is 1.53. The summed E-state index contributed by atoms with van der Waals surface area (Å²) >= 11 is 3.40. The monoisotopic (exact) mass is 382 g/mol. The highest BCUT2D eigenvalue weighted by Gasteiger charge is 2.23. The first kappa shape index (κ1) is 15.5. The van der Waals surface area contributed by atoms with Gasteiger partial charge >= 0.3 is 0 Å². The number of nitrogens with one attached hydrogen (secondary N) is 2. The fourth-order valence-electron chi connectivity index (χ4n) is 3.54. The summed E-state index contributed by atoms with van der Waals surface area (Å²) in [5.41, 5.74) is 5.88. The van der Waals surface area contributed by atoms with Gasteiger partial charge in [-0.25, -0.2) is 0 Å². The molecule has 1 heterocycles. The lowest BCUT2D eigenvalue weighted by atomic mass is 9.91. The van der Waals surface area contributed by atoms with Crippen LogP contribution in [0.15, 0.2) is 46.9 Å². The maximum atomic E-state index is 12.4. The SMILES string of the molecule is Cc1ccc2[nH]c3c(c2c1)CCC(NC(=O)c1ccc(Br)cc1)C3. The average Bonchev–Trinajstić information content (AvgIpc) is 2.92. The zero-order chi connectivity index (χ0) is 16.7. The van der Waals surface area contributed by atoms with E-state index in [1.165, 1.54) is 27.7 Å². The molecular formula is C20H19BrN2O. The van der Waals surface area contributed by atoms with Crippen molar-refractivity contribution in [2.45, 2.75) is 32.2 Å². The molecule has 1 amide bonds. The Labute approximate surface area is 149 Å². The lowest BCUT2D eigenvalue weighted by Gasteiger charge is -2.23. The number of benzene rings is 2. The number of aryl methyl sites for hydroxylation is 2. The largest absolute Gasteiger partial charge is 0.358 e. The summed E-state index contributed by atoms with van der Waals surface area (Å²) in [4.78, 5) is 16.0. The molecule has 1 unspecified atom stereocenters. The molecule has 4 heteroatoms. The summed E-state index contributed by atoms with van der Waals surface area (Å²) in [6, 6.07) is 14.2. The van der Waals surface area contributed by atoms with E-state index in [1.54, 1.807) is 0 Å². The normalized spacial score (nSPS) is 16.8. The molecule has 2 N–H and O–H groups in total. The predicted molar refractivity (Wildman–Crippen MR) is 100 cm³/mol. The highest BCUT2D eigenvalue weighted by molar-refractivity contribution is 9.10. The van der Waals surface area contributed by atoms with Crippen LogP contribution in [0.5, 0.6) is 0 Å². The lowest BCUT2D eigenvalue weighted by molar-refractivity contribution is 0.0933. The van der Waals surface area contributed by atoms with E-state index in [2.05, 4.69) is 51.4 Å². The molecule has 0 saturated carbocycles. The van der Waals surface area contributed by atoms with E-state index in [0.29, 0.717) is 5.56 Å². The van der Waals surface area contributed by atoms with Gasteiger partial charge in [-0.15, -0.1) is 0 Å². The lowest BCUT2D eigenvalue weighted by Crippen LogP contribution is -2.38. The zero-order valence-corrected chi connectivity index (χ0v) is 15.1. The van der Waals surface area contributed by atoms with Gasteiger partial charge in [-0.05, 0) is 61.7 Å². The minimum atomic E-state index is 0.00269. The van der Waals surface area contributed by atoms with Gasteiger partial charge in [0.1, 0.15) is 0 Å². The van der Waals surface area contributed by atoms with Crippen molar-refractivity contribution < 1.29 is 4.79 Å². The number of hydrogen-bond acceptors (Lipinski definition) is 1. The Bertz CT molecular complexity index is 911. The van der Waals surface area contributed by atoms with Crippen LogP contribution in [-0.4, -0.2) is 16.9 Å². The molecule has 0 spiro atoms. The van der Waals surface area contributed by atoms with E-state index in [1.807, 2.05) is 24.3 Å². The minimum absolute atomic E-state index is 0.00269. The first-order valence-electron chi connectivity index (χ1n) is 8.26. The molecule has 1 aromatic heterocycles. The quantitative estimate of drug-likeness (QED) is 0.671. The molecular weight excluding hydrogens is 364 g/mol. The molecule has 0 fully saturated rings. The van der Waals surface area contributed by atoms with E-state index >= 15 is 0 Å². The van der Waals surface area contributed by atoms with Crippen LogP contribution in [0.2, 0.25) is 0 Å². The molecule has 0 radical (unpaired) electrons. The third-order valence-corrected chi connectivity index (χ3v) is 5.31. The van der Waals surface area contributed by atoms with Crippen molar-refractivity contribution in [1.82, 2.24) is 10.3 Å². The number of carbonyl (C=O) groups is 1. The van der Waals surface area contributed by atoms with Gasteiger partial charge in [0.25, 0.3) is 5.91 Å². The summed E-state index contributed by atoms with van der Waals surface area (Å²) < 4.78 is 0.981. The second kappa shape index (κ2) is 6.10. The van der Waals surface area contributed by atoms with Crippen molar-refractivity contribution in [2.24, 2.45) is 0 Å². The van der Waals surface area contributed by atoms with E-state index in [9.17, 15) is 4.79 Å². The van der Waals surface area contributed by atoms with Gasteiger partial charge in [0.2, 0.25) is 0 Å². The smallest absolute Gasteiger partial charge is 0.251 e. The van der Waals surface area contributed by atoms with Gasteiger partial charge in [-0.2, -0.15) is 0 Å². The van der Waals surface area contributed by atoms with Crippen LogP contribution in [0.25, 0.3) is 10.9 Å². The fraction of sp³-hybridized carbons (Fsp3) is 0.250. The molecule has 3 nitrogen and oxygen atoms in total. The van der Waals surface area contributed by atoms with Gasteiger partial charge in [-0.1, -0.05) is 27.6 Å². The Morgan fingerprint density at radius 1 is 1.21 bits per heavy atom. The Morgan fingerprint density at radius 3 is 2.79 bits per heavy atom. The number of fused-ring (bicyclic) bond motifs is 3. The van der Waals surface area contributed by atoms with Gasteiger partial charge in [-0.3, -0.25) is 4.79 Å². The maximum Gasteiger partial charge on any atom is 0.251 e. The van der Waals surface area contributed by atoms with Gasteiger partial charge < -0.3 is 10.3 Å². The highest BCUT2D eigenvalue weighted by Crippen LogP contribution is 2.30. The Kier molecular flexibility index (Phi) is 3.93. The van der Waals surface area contributed by atoms with Gasteiger partial charge in [0, 0.05) is 39.1 Å². The first-order chi connectivity index (χ1) is 11.6. The number of carbonyl (C=O) groups excluding carboxylic acids is 1. The number of halogens is 1. The molecule has 0 bridgehead atoms. The summed E-state index contributed by atoms with van der Waals surface area (Å²) in [6.45, 7) is 2.13. The van der Waals surface area contributed by atoms with Crippen molar-refractivity contribution >= 4 is 32.7 Å². The summed E-state index contributed by atoms with van der Waals surface area (Å²) in [6.07, 6.45) is 2.85. The van der Waals surface area contributed by atoms with E-state index in [-0.39, 0.29) is 11.9 Å². The molecule has 2 aromatic carbocycles. The Morgan fingerprint density at radius 2 is 2.00 bits per heavy atom. The third kappa shape index (κ3) is 2.86. The van der Waals surface area contributed by atoms with Gasteiger partial charge in [0.05, 0.1) is 0 Å². The minimum Gasteiger partial charge on any atom is -0.358 e. The van der Waals surface area contributed by atoms with E-state index in [4.69, 9.17) is 0 Å². The molecule has 0 aliphatic heterocycles. The third-order valence-electron chi connectivity index (χ3n) is 4.78. The molecule has 24 heavy (non-hydrogen) atoms. The molecule has 122 valence electrons. The van der Waals surface area contributed by atoms with Gasteiger partial charge in [0.15, 0.2) is 0 Å². The predicted octanol–water partition coefficient (Wildman–Crippen LogP) is 4.53. The van der Waals surface area contributed by atoms with Crippen molar-refractivity contribution in [3.8, 4) is 0 Å². The number of amides is 1. The van der Waals surface area contributed by atoms with Crippen LogP contribution in [0.1, 0.15) is 33.6 Å². The summed E-state index contributed by atoms with van der Waals surface area (Å²) in [5, 5.41) is 4.51. The zero-order valence-electron chi connectivity index (χ0n) is 13.5. The van der Waals surface area contributed by atoms with Crippen molar-refractivity contribution in [1.29, 1.82) is 0 Å². The number of hydrogen-bond donors (Lipinski definition) is 2. The van der Waals surface area contributed by atoms with Crippen LogP contribution >= 0.6 is 15.9 Å². The number of H-pyrrole nitrogens is 1. The van der Waals surface area contributed by atoms with E-state index < -0.39 is 0 Å². The molecule has 4 rings (SSSR count). The molecule has 0 saturated heterocycles. The second-order valence-electron chi connectivity index (χ2n) is 6.55. The maximum absolute atomic E-state index is 12.4. The average molecular weight is 383 g/mol. The second-order valence-corrected chi connectivity index (χ2v) is 7.47. The number of aromatic nitrogens is 1. The fourth-order valence-corrected chi connectivity index (χ4v) is 3.80. The van der Waals surface area contributed by atoms with Crippen LogP contribution in [0.3, 0.4) is 0 Å². The Hall–Kier alpha value is -2.07. The number of aromatic amines is 1. The highest BCUT2D eigenvalue weighted by atomic mass is 79.9. The standard InChI is InChI=1S/C20H19BrN2O/c1-12-2-9-18-17(10-12)16-8-7-15(11-19(16)23-18)22-20(24)13-3-5-14(21)6-4-13/h2-6,9-10,15,23H,7-8,11H2,1H3,(H,22,24). The van der Waals surface area contributed by atoms with Crippen molar-refractivity contribution in [3.63, 3.8) is 0 Å². The van der Waals surface area contributed by atoms with Crippen molar-refractivity contribution in [2.75, 3.05) is 0 Å². The molecule has 1 aliphatic rings. The van der Waals surface area contributed by atoms with Crippen LogP contribution in [0, 0.1) is 6.92 Å². The molecule has 1 atom stereocenters. The first-order valence-corrected chi connectivity index (χ1v) is 9.06.